The number of rotatable bonds is 4. The fourth-order valence-electron chi connectivity index (χ4n) is 2.69. The second-order valence-corrected chi connectivity index (χ2v) is 5.58. The molecule has 0 spiro atoms. The largest absolute Gasteiger partial charge is 0.344 e. The van der Waals surface area contributed by atoms with Crippen molar-refractivity contribution >= 4 is 23.4 Å². The van der Waals surface area contributed by atoms with E-state index in [-0.39, 0.29) is 12.4 Å². The third-order valence-corrected chi connectivity index (χ3v) is 3.90. The highest BCUT2D eigenvalue weighted by atomic mass is 35.5. The lowest BCUT2D eigenvalue weighted by Gasteiger charge is -2.02. The first kappa shape index (κ1) is 16.7. The molecule has 3 aromatic heterocycles. The van der Waals surface area contributed by atoms with Crippen LogP contribution < -0.4 is 0 Å². The van der Waals surface area contributed by atoms with Gasteiger partial charge in [0.1, 0.15) is 11.3 Å². The van der Waals surface area contributed by atoms with Crippen LogP contribution in [0.5, 0.6) is 0 Å². The molecule has 0 fully saturated rings. The van der Waals surface area contributed by atoms with Gasteiger partial charge in [-0.25, -0.2) is 9.97 Å². The quantitative estimate of drug-likeness (QED) is 0.613. The number of nitriles is 1. The van der Waals surface area contributed by atoms with Crippen molar-refractivity contribution < 1.29 is 0 Å². The summed E-state index contributed by atoms with van der Waals surface area (Å²) in [6.07, 6.45) is 7.90. The molecule has 3 heterocycles. The molecule has 4 rings (SSSR count). The number of hydrogen-bond acceptors (Lipinski definition) is 4. The number of pyridine rings is 1. The van der Waals surface area contributed by atoms with Crippen LogP contribution in [0.4, 0.5) is 0 Å². The molecule has 0 unspecified atom stereocenters. The minimum absolute atomic E-state index is 0. The summed E-state index contributed by atoms with van der Waals surface area (Å²) in [7, 11) is 0. The van der Waals surface area contributed by atoms with Gasteiger partial charge in [0.05, 0.1) is 48.1 Å². The van der Waals surface area contributed by atoms with Crippen LogP contribution in [0.2, 0.25) is 0 Å². The summed E-state index contributed by atoms with van der Waals surface area (Å²) in [5.41, 5.74) is 4.74. The molecule has 0 aliphatic carbocycles. The van der Waals surface area contributed by atoms with Crippen LogP contribution >= 0.6 is 12.4 Å². The van der Waals surface area contributed by atoms with Crippen molar-refractivity contribution in [2.45, 2.75) is 13.0 Å². The predicted molar refractivity (Wildman–Crippen MR) is 96.4 cm³/mol. The van der Waals surface area contributed by atoms with Gasteiger partial charge in [0.15, 0.2) is 0 Å². The first-order valence-electron chi connectivity index (χ1n) is 7.58. The average Bonchev–Trinajstić information content (AvgIpc) is 3.23. The average molecular weight is 351 g/mol. The van der Waals surface area contributed by atoms with Crippen LogP contribution in [0.3, 0.4) is 0 Å². The Morgan fingerprint density at radius 3 is 2.72 bits per heavy atom. The van der Waals surface area contributed by atoms with Crippen molar-refractivity contribution in [1.29, 1.82) is 5.26 Å². The summed E-state index contributed by atoms with van der Waals surface area (Å²) >= 11 is 0. The van der Waals surface area contributed by atoms with E-state index >= 15 is 0 Å². The van der Waals surface area contributed by atoms with Crippen molar-refractivity contribution in [2.75, 3.05) is 0 Å². The van der Waals surface area contributed by atoms with Crippen LogP contribution in [-0.4, -0.2) is 24.5 Å². The molecule has 6 nitrogen and oxygen atoms in total. The Bertz CT molecular complexity index is 1030. The number of benzene rings is 1. The molecule has 0 atom stereocenters. The van der Waals surface area contributed by atoms with Gasteiger partial charge < -0.3 is 9.55 Å². The Balaban J connectivity index is 0.00000182. The Morgan fingerprint density at radius 1 is 1.08 bits per heavy atom. The maximum absolute atomic E-state index is 8.84. The van der Waals surface area contributed by atoms with Gasteiger partial charge in [-0.1, -0.05) is 12.1 Å². The highest BCUT2D eigenvalue weighted by molar-refractivity contribution is 5.85. The van der Waals surface area contributed by atoms with Crippen LogP contribution in [0.25, 0.3) is 11.0 Å². The highest BCUT2D eigenvalue weighted by Gasteiger charge is 2.06. The molecular weight excluding hydrogens is 336 g/mol. The van der Waals surface area contributed by atoms with Gasteiger partial charge in [0.25, 0.3) is 0 Å². The topological polar surface area (TPSA) is 83.2 Å². The summed E-state index contributed by atoms with van der Waals surface area (Å²) in [5, 5.41) is 8.84. The molecule has 0 aliphatic heterocycles. The zero-order chi connectivity index (χ0) is 16.4. The fraction of sp³-hybridized carbons (Fsp3) is 0.111. The Labute approximate surface area is 150 Å². The van der Waals surface area contributed by atoms with Crippen molar-refractivity contribution in [3.8, 4) is 6.07 Å². The summed E-state index contributed by atoms with van der Waals surface area (Å²) in [6.45, 7) is 0.681. The number of halogens is 1. The lowest BCUT2D eigenvalue weighted by atomic mass is 10.1. The van der Waals surface area contributed by atoms with Crippen molar-refractivity contribution in [3.63, 3.8) is 0 Å². The standard InChI is InChI=1S/C18H14N6.ClH/c19-8-14-3-1-13(2-4-14)7-18-21-9-15(23-18)11-24-12-22-16-10-20-6-5-17(16)24;/h1-6,9-10,12H,7,11H2,(H,21,23);1H. The number of imidazole rings is 2. The minimum atomic E-state index is 0. The molecule has 1 aromatic carbocycles. The molecule has 0 saturated heterocycles. The number of H-pyrrole nitrogens is 1. The van der Waals surface area contributed by atoms with Gasteiger partial charge >= 0.3 is 0 Å². The molecule has 0 saturated carbocycles. The summed E-state index contributed by atoms with van der Waals surface area (Å²) in [4.78, 5) is 16.2. The monoisotopic (exact) mass is 350 g/mol. The van der Waals surface area contributed by atoms with Gasteiger partial charge in [-0.3, -0.25) is 4.98 Å². The molecule has 0 aliphatic rings. The van der Waals surface area contributed by atoms with Crippen LogP contribution in [-0.2, 0) is 13.0 Å². The second-order valence-electron chi connectivity index (χ2n) is 5.58. The number of nitrogens with one attached hydrogen (secondary N) is 1. The van der Waals surface area contributed by atoms with Gasteiger partial charge in [0, 0.05) is 12.6 Å². The van der Waals surface area contributed by atoms with E-state index in [1.165, 1.54) is 0 Å². The fourth-order valence-corrected chi connectivity index (χ4v) is 2.69. The zero-order valence-corrected chi connectivity index (χ0v) is 14.1. The van der Waals surface area contributed by atoms with Crippen LogP contribution in [0.15, 0.2) is 55.2 Å². The number of aromatic amines is 1. The molecule has 0 amide bonds. The third-order valence-electron chi connectivity index (χ3n) is 3.90. The molecule has 0 radical (unpaired) electrons. The first-order chi connectivity index (χ1) is 11.8. The lowest BCUT2D eigenvalue weighted by molar-refractivity contribution is 0.799. The Kier molecular flexibility index (Phi) is 4.78. The van der Waals surface area contributed by atoms with E-state index < -0.39 is 0 Å². The van der Waals surface area contributed by atoms with Gasteiger partial charge in [0.2, 0.25) is 0 Å². The zero-order valence-electron chi connectivity index (χ0n) is 13.3. The molecule has 0 bridgehead atoms. The smallest absolute Gasteiger partial charge is 0.110 e. The number of fused-ring (bicyclic) bond motifs is 1. The maximum Gasteiger partial charge on any atom is 0.110 e. The van der Waals surface area contributed by atoms with E-state index in [1.807, 2.05) is 42.9 Å². The Hall–Kier alpha value is -3.17. The van der Waals surface area contributed by atoms with E-state index in [4.69, 9.17) is 5.26 Å². The highest BCUT2D eigenvalue weighted by Crippen LogP contribution is 2.13. The minimum Gasteiger partial charge on any atom is -0.344 e. The number of aromatic nitrogens is 5. The van der Waals surface area contributed by atoms with E-state index in [0.717, 1.165) is 28.1 Å². The van der Waals surface area contributed by atoms with Crippen LogP contribution in [0.1, 0.15) is 22.6 Å². The van der Waals surface area contributed by atoms with Crippen molar-refractivity contribution in [2.24, 2.45) is 0 Å². The van der Waals surface area contributed by atoms with E-state index in [9.17, 15) is 0 Å². The third kappa shape index (κ3) is 3.52. The van der Waals surface area contributed by atoms with E-state index in [1.54, 1.807) is 12.4 Å². The molecule has 1 N–H and O–H groups in total. The molecule has 124 valence electrons. The SMILES string of the molecule is Cl.N#Cc1ccc(Cc2ncc(Cn3cnc4cnccc43)[nH]2)cc1. The normalized spacial score (nSPS) is 10.4. The van der Waals surface area contributed by atoms with E-state index in [2.05, 4.69) is 30.6 Å². The first-order valence-corrected chi connectivity index (χ1v) is 7.58. The van der Waals surface area contributed by atoms with Gasteiger partial charge in [-0.2, -0.15) is 5.26 Å². The van der Waals surface area contributed by atoms with E-state index in [0.29, 0.717) is 18.5 Å². The molecular formula is C18H15ClN6. The summed E-state index contributed by atoms with van der Waals surface area (Å²) in [6, 6.07) is 11.6. The van der Waals surface area contributed by atoms with Crippen molar-refractivity contribution in [3.05, 3.63) is 77.9 Å². The summed E-state index contributed by atoms with van der Waals surface area (Å²) < 4.78 is 2.07. The second kappa shape index (κ2) is 7.16. The molecule has 25 heavy (non-hydrogen) atoms. The predicted octanol–water partition coefficient (Wildman–Crippen LogP) is 3.09. The maximum atomic E-state index is 8.84. The number of hydrogen-bond donors (Lipinski definition) is 1. The van der Waals surface area contributed by atoms with Crippen LogP contribution in [0, 0.1) is 11.3 Å². The molecule has 4 aromatic rings. The Morgan fingerprint density at radius 2 is 1.92 bits per heavy atom. The van der Waals surface area contributed by atoms with Gasteiger partial charge in [-0.15, -0.1) is 12.4 Å². The lowest BCUT2D eigenvalue weighted by Crippen LogP contribution is -1.99. The van der Waals surface area contributed by atoms with Crippen molar-refractivity contribution in [1.82, 2.24) is 24.5 Å². The summed E-state index contributed by atoms with van der Waals surface area (Å²) in [5.74, 6) is 0.904. The van der Waals surface area contributed by atoms with Gasteiger partial charge in [-0.05, 0) is 23.8 Å². The number of nitrogens with zero attached hydrogens (tertiary/aromatic N) is 5. The molecule has 7 heteroatoms.